The van der Waals surface area contributed by atoms with Crippen LogP contribution in [0.15, 0.2) is 42.5 Å². The number of hydrogen-bond donors (Lipinski definition) is 0. The van der Waals surface area contributed by atoms with Gasteiger partial charge in [0, 0.05) is 12.6 Å². The van der Waals surface area contributed by atoms with Gasteiger partial charge in [-0.15, -0.1) is 12.4 Å². The van der Waals surface area contributed by atoms with Crippen LogP contribution in [0.1, 0.15) is 6.42 Å². The Kier molecular flexibility index (Phi) is 8.83. The Bertz CT molecular complexity index is 983. The van der Waals surface area contributed by atoms with E-state index in [4.69, 9.17) is 9.47 Å². The molecule has 0 saturated heterocycles. The summed E-state index contributed by atoms with van der Waals surface area (Å²) in [7, 11) is 5.55. The van der Waals surface area contributed by atoms with Crippen LogP contribution in [0.3, 0.4) is 0 Å². The van der Waals surface area contributed by atoms with E-state index in [1.807, 2.05) is 20.2 Å². The molecule has 3 rings (SSSR count). The lowest BCUT2D eigenvalue weighted by Gasteiger charge is -2.21. The first kappa shape index (κ1) is 23.9. The van der Waals surface area contributed by atoms with Crippen molar-refractivity contribution < 1.29 is 18.7 Å². The Morgan fingerprint density at radius 3 is 2.63 bits per heavy atom. The van der Waals surface area contributed by atoms with Crippen LogP contribution in [-0.4, -0.2) is 56.7 Å². The zero-order chi connectivity index (χ0) is 20.8. The average molecular weight is 454 g/mol. The Hall–Kier alpha value is -2.42. The number of thiazole rings is 1. The normalized spacial score (nSPS) is 10.7. The minimum Gasteiger partial charge on any atom is -0.497 e. The molecule has 2 aromatic carbocycles. The van der Waals surface area contributed by atoms with E-state index in [1.54, 1.807) is 36.3 Å². The molecule has 0 atom stereocenters. The van der Waals surface area contributed by atoms with Gasteiger partial charge in [-0.3, -0.25) is 9.69 Å². The maximum atomic E-state index is 13.5. The van der Waals surface area contributed by atoms with Gasteiger partial charge < -0.3 is 14.4 Å². The van der Waals surface area contributed by atoms with E-state index in [1.165, 1.54) is 23.5 Å². The highest BCUT2D eigenvalue weighted by molar-refractivity contribution is 7.22. The lowest BCUT2D eigenvalue weighted by molar-refractivity contribution is -0.120. The molecule has 0 aliphatic carbocycles. The fourth-order valence-electron chi connectivity index (χ4n) is 2.79. The zero-order valence-electron chi connectivity index (χ0n) is 17.1. The van der Waals surface area contributed by atoms with Crippen LogP contribution in [0.4, 0.5) is 9.52 Å². The highest BCUT2D eigenvalue weighted by Crippen LogP contribution is 2.30. The first-order valence-electron chi connectivity index (χ1n) is 9.24. The third-order valence-electron chi connectivity index (χ3n) is 4.26. The third-order valence-corrected chi connectivity index (χ3v) is 5.30. The number of ether oxygens (including phenoxy) is 2. The minimum absolute atomic E-state index is 0. The standard InChI is InChI=1S/C21H24FN3O3S.ClH/c1-24(2)10-5-11-25(21-23-18-9-8-15(22)12-19(18)29-21)20(26)14-28-17-7-4-6-16(13-17)27-3;/h4,6-9,12-13H,5,10-11,14H2,1-3H3;1H. The summed E-state index contributed by atoms with van der Waals surface area (Å²) in [5, 5.41) is 0.545. The van der Waals surface area contributed by atoms with Crippen LogP contribution in [-0.2, 0) is 4.79 Å². The van der Waals surface area contributed by atoms with Crippen molar-refractivity contribution in [2.75, 3.05) is 45.8 Å². The van der Waals surface area contributed by atoms with Crippen molar-refractivity contribution in [3.8, 4) is 11.5 Å². The molecule has 6 nitrogen and oxygen atoms in total. The molecule has 9 heteroatoms. The Labute approximate surface area is 185 Å². The lowest BCUT2D eigenvalue weighted by Crippen LogP contribution is -2.36. The van der Waals surface area contributed by atoms with Gasteiger partial charge >= 0.3 is 0 Å². The molecule has 0 radical (unpaired) electrons. The smallest absolute Gasteiger partial charge is 0.266 e. The van der Waals surface area contributed by atoms with Gasteiger partial charge in [-0.2, -0.15) is 0 Å². The first-order chi connectivity index (χ1) is 14.0. The number of aromatic nitrogens is 1. The van der Waals surface area contributed by atoms with E-state index in [2.05, 4.69) is 9.88 Å². The predicted octanol–water partition coefficient (Wildman–Crippen LogP) is 4.23. The largest absolute Gasteiger partial charge is 0.497 e. The van der Waals surface area contributed by atoms with Gasteiger partial charge in [0.1, 0.15) is 17.3 Å². The van der Waals surface area contributed by atoms with Gasteiger partial charge in [0.05, 0.1) is 17.3 Å². The van der Waals surface area contributed by atoms with Crippen LogP contribution in [0.25, 0.3) is 10.2 Å². The molecule has 0 bridgehead atoms. The van der Waals surface area contributed by atoms with Gasteiger partial charge in [0.2, 0.25) is 0 Å². The lowest BCUT2D eigenvalue weighted by atomic mass is 10.3. The minimum atomic E-state index is -0.320. The van der Waals surface area contributed by atoms with Crippen molar-refractivity contribution in [2.24, 2.45) is 0 Å². The molecule has 30 heavy (non-hydrogen) atoms. The molecule has 0 aliphatic heterocycles. The summed E-state index contributed by atoms with van der Waals surface area (Å²) in [6.07, 6.45) is 0.780. The van der Waals surface area contributed by atoms with Crippen molar-refractivity contribution in [1.82, 2.24) is 9.88 Å². The van der Waals surface area contributed by atoms with Gasteiger partial charge in [-0.05, 0) is 57.4 Å². The Balaban J connectivity index is 0.00000320. The molecule has 162 valence electrons. The SMILES string of the molecule is COc1cccc(OCC(=O)N(CCCN(C)C)c2nc3ccc(F)cc3s2)c1.Cl. The second kappa shape index (κ2) is 11.1. The molecule has 0 N–H and O–H groups in total. The summed E-state index contributed by atoms with van der Waals surface area (Å²) in [4.78, 5) is 21.1. The molecule has 1 aromatic heterocycles. The fraction of sp³-hybridized carbons (Fsp3) is 0.333. The number of carbonyl (C=O) groups excluding carboxylic acids is 1. The van der Waals surface area contributed by atoms with Gasteiger partial charge in [-0.1, -0.05) is 17.4 Å². The molecule has 3 aromatic rings. The Morgan fingerprint density at radius 2 is 1.90 bits per heavy atom. The monoisotopic (exact) mass is 453 g/mol. The highest BCUT2D eigenvalue weighted by Gasteiger charge is 2.20. The van der Waals surface area contributed by atoms with Crippen LogP contribution in [0.2, 0.25) is 0 Å². The molecule has 1 amide bonds. The third kappa shape index (κ3) is 6.29. The molecule has 0 saturated carbocycles. The van der Waals surface area contributed by atoms with E-state index in [-0.39, 0.29) is 30.7 Å². The molecular formula is C21H25ClFN3O3S. The van der Waals surface area contributed by atoms with Crippen molar-refractivity contribution in [2.45, 2.75) is 6.42 Å². The van der Waals surface area contributed by atoms with Crippen LogP contribution < -0.4 is 14.4 Å². The van der Waals surface area contributed by atoms with E-state index >= 15 is 0 Å². The number of halogens is 2. The topological polar surface area (TPSA) is 54.9 Å². The van der Waals surface area contributed by atoms with Crippen molar-refractivity contribution in [3.05, 3.63) is 48.3 Å². The van der Waals surface area contributed by atoms with Gasteiger partial charge in [-0.25, -0.2) is 9.37 Å². The van der Waals surface area contributed by atoms with E-state index < -0.39 is 0 Å². The van der Waals surface area contributed by atoms with Crippen molar-refractivity contribution >= 4 is 45.0 Å². The van der Waals surface area contributed by atoms with Crippen LogP contribution in [0, 0.1) is 5.82 Å². The summed E-state index contributed by atoms with van der Waals surface area (Å²) in [6.45, 7) is 1.21. The number of carbonyl (C=O) groups is 1. The molecule has 0 unspecified atom stereocenters. The predicted molar refractivity (Wildman–Crippen MR) is 121 cm³/mol. The number of nitrogens with zero attached hydrogens (tertiary/aromatic N) is 3. The summed E-state index contributed by atoms with van der Waals surface area (Å²) in [6, 6.07) is 11.5. The number of anilines is 1. The number of amides is 1. The number of fused-ring (bicyclic) bond motifs is 1. The molecule has 0 aliphatic rings. The highest BCUT2D eigenvalue weighted by atomic mass is 35.5. The number of rotatable bonds is 9. The number of hydrogen-bond acceptors (Lipinski definition) is 6. The van der Waals surface area contributed by atoms with Gasteiger partial charge in [0.25, 0.3) is 5.91 Å². The molecule has 0 spiro atoms. The zero-order valence-corrected chi connectivity index (χ0v) is 18.8. The quantitative estimate of drug-likeness (QED) is 0.485. The van der Waals surface area contributed by atoms with Crippen LogP contribution in [0.5, 0.6) is 11.5 Å². The Morgan fingerprint density at radius 1 is 1.13 bits per heavy atom. The maximum Gasteiger partial charge on any atom is 0.266 e. The number of methoxy groups -OCH3 is 1. The summed E-state index contributed by atoms with van der Waals surface area (Å²) < 4.78 is 25.1. The summed E-state index contributed by atoms with van der Waals surface area (Å²) in [5.41, 5.74) is 0.672. The summed E-state index contributed by atoms with van der Waals surface area (Å²) >= 11 is 1.30. The summed E-state index contributed by atoms with van der Waals surface area (Å²) in [5.74, 6) is 0.689. The fourth-order valence-corrected chi connectivity index (χ4v) is 3.82. The van der Waals surface area contributed by atoms with E-state index in [0.717, 1.165) is 13.0 Å². The second-order valence-electron chi connectivity index (χ2n) is 6.78. The molecular weight excluding hydrogens is 429 g/mol. The van der Waals surface area contributed by atoms with Crippen molar-refractivity contribution in [1.29, 1.82) is 0 Å². The maximum absolute atomic E-state index is 13.5. The second-order valence-corrected chi connectivity index (χ2v) is 7.79. The molecule has 1 heterocycles. The molecule has 0 fully saturated rings. The van der Waals surface area contributed by atoms with E-state index in [0.29, 0.717) is 33.4 Å². The van der Waals surface area contributed by atoms with E-state index in [9.17, 15) is 9.18 Å². The van der Waals surface area contributed by atoms with Gasteiger partial charge in [0.15, 0.2) is 11.7 Å². The van der Waals surface area contributed by atoms with Crippen molar-refractivity contribution in [3.63, 3.8) is 0 Å². The first-order valence-corrected chi connectivity index (χ1v) is 10.1. The average Bonchev–Trinajstić information content (AvgIpc) is 3.12. The number of benzene rings is 2. The van der Waals surface area contributed by atoms with Crippen LogP contribution >= 0.6 is 23.7 Å².